The fourth-order valence-corrected chi connectivity index (χ4v) is 4.99. The van der Waals surface area contributed by atoms with Gasteiger partial charge in [-0.2, -0.15) is 0 Å². The van der Waals surface area contributed by atoms with Gasteiger partial charge in [-0.15, -0.1) is 0 Å². The fraction of sp³-hybridized carbons (Fsp3) is 0.784. The second kappa shape index (κ2) is 32.7. The van der Waals surface area contributed by atoms with E-state index in [-0.39, 0.29) is 18.5 Å². The zero-order chi connectivity index (χ0) is 30.1. The Morgan fingerprint density at radius 2 is 1.02 bits per heavy atom. The number of carbonyl (C=O) groups is 2. The van der Waals surface area contributed by atoms with Gasteiger partial charge in [0, 0.05) is 12.8 Å². The van der Waals surface area contributed by atoms with Gasteiger partial charge in [0.15, 0.2) is 0 Å². The second-order valence-electron chi connectivity index (χ2n) is 11.7. The summed E-state index contributed by atoms with van der Waals surface area (Å²) in [5, 5.41) is 8.78. The average molecular weight is 575 g/mol. The monoisotopic (exact) mass is 574 g/mol. The first-order chi connectivity index (χ1) is 20.1. The summed E-state index contributed by atoms with van der Waals surface area (Å²) in [6, 6.07) is 0. The van der Waals surface area contributed by atoms with Crippen LogP contribution in [0.15, 0.2) is 36.5 Å². The van der Waals surface area contributed by atoms with Crippen molar-refractivity contribution in [2.24, 2.45) is 0 Å². The van der Waals surface area contributed by atoms with Crippen LogP contribution >= 0.6 is 0 Å². The van der Waals surface area contributed by atoms with Gasteiger partial charge in [0.25, 0.3) is 0 Å². The molecule has 0 fully saturated rings. The first-order valence-corrected chi connectivity index (χ1v) is 17.5. The summed E-state index contributed by atoms with van der Waals surface area (Å²) in [4.78, 5) is 23.2. The minimum absolute atomic E-state index is 0.0723. The topological polar surface area (TPSA) is 63.6 Å². The Bertz CT molecular complexity index is 664. The highest BCUT2D eigenvalue weighted by atomic mass is 16.5. The summed E-state index contributed by atoms with van der Waals surface area (Å²) in [5.41, 5.74) is 0. The Hall–Kier alpha value is -1.84. The lowest BCUT2D eigenvalue weighted by molar-refractivity contribution is -0.147. The molecular formula is C37H66O4. The highest BCUT2D eigenvalue weighted by molar-refractivity contribution is 5.69. The quantitative estimate of drug-likeness (QED) is 0.0508. The SMILES string of the molecule is CCCCC/C=C\C/C=C\C/C=C\C(CCCCCCCC(=O)O)OC(=O)CCCCCCCCCCCCCC. The number of ether oxygens (including phenoxy) is 1. The molecule has 0 aromatic heterocycles. The van der Waals surface area contributed by atoms with E-state index in [9.17, 15) is 9.59 Å². The van der Waals surface area contributed by atoms with Crippen LogP contribution < -0.4 is 0 Å². The average Bonchev–Trinajstić information content (AvgIpc) is 2.95. The number of esters is 1. The van der Waals surface area contributed by atoms with E-state index in [0.29, 0.717) is 6.42 Å². The van der Waals surface area contributed by atoms with E-state index in [4.69, 9.17) is 9.84 Å². The van der Waals surface area contributed by atoms with Gasteiger partial charge in [-0.25, -0.2) is 0 Å². The number of carboxylic acids is 1. The van der Waals surface area contributed by atoms with Crippen LogP contribution in [-0.4, -0.2) is 23.1 Å². The van der Waals surface area contributed by atoms with Gasteiger partial charge in [-0.05, 0) is 57.4 Å². The molecular weight excluding hydrogens is 508 g/mol. The summed E-state index contributed by atoms with van der Waals surface area (Å²) >= 11 is 0. The lowest BCUT2D eigenvalue weighted by atomic mass is 10.0. The van der Waals surface area contributed by atoms with Crippen LogP contribution in [0.3, 0.4) is 0 Å². The molecule has 4 heteroatoms. The van der Waals surface area contributed by atoms with Crippen molar-refractivity contribution in [2.75, 3.05) is 0 Å². The molecule has 0 saturated heterocycles. The van der Waals surface area contributed by atoms with Crippen LogP contribution in [0.5, 0.6) is 0 Å². The number of aliphatic carboxylic acids is 1. The lowest BCUT2D eigenvalue weighted by Gasteiger charge is -2.14. The molecule has 0 amide bonds. The molecule has 0 saturated carbocycles. The third-order valence-electron chi connectivity index (χ3n) is 7.60. The predicted molar refractivity (Wildman–Crippen MR) is 176 cm³/mol. The Balaban J connectivity index is 4.22. The van der Waals surface area contributed by atoms with Crippen molar-refractivity contribution in [1.29, 1.82) is 0 Å². The van der Waals surface area contributed by atoms with Crippen LogP contribution in [0.4, 0.5) is 0 Å². The fourth-order valence-electron chi connectivity index (χ4n) is 4.99. The van der Waals surface area contributed by atoms with Crippen LogP contribution in [0.1, 0.15) is 181 Å². The van der Waals surface area contributed by atoms with E-state index >= 15 is 0 Å². The van der Waals surface area contributed by atoms with Gasteiger partial charge in [-0.1, -0.05) is 147 Å². The number of allylic oxidation sites excluding steroid dienone is 5. The van der Waals surface area contributed by atoms with Crippen molar-refractivity contribution in [3.8, 4) is 0 Å². The molecule has 0 rings (SSSR count). The first-order valence-electron chi connectivity index (χ1n) is 17.5. The van der Waals surface area contributed by atoms with E-state index in [2.05, 4.69) is 50.3 Å². The summed E-state index contributed by atoms with van der Waals surface area (Å²) in [6.45, 7) is 4.50. The number of unbranched alkanes of at least 4 members (excludes halogenated alkanes) is 18. The van der Waals surface area contributed by atoms with Crippen LogP contribution in [0, 0.1) is 0 Å². The van der Waals surface area contributed by atoms with Crippen molar-refractivity contribution >= 4 is 11.9 Å². The highest BCUT2D eigenvalue weighted by Crippen LogP contribution is 2.15. The van der Waals surface area contributed by atoms with Gasteiger partial charge in [0.05, 0.1) is 0 Å². The highest BCUT2D eigenvalue weighted by Gasteiger charge is 2.11. The molecule has 0 spiro atoms. The lowest BCUT2D eigenvalue weighted by Crippen LogP contribution is -2.16. The maximum atomic E-state index is 12.5. The number of carboxylic acid groups (broad SMARTS) is 1. The molecule has 4 nitrogen and oxygen atoms in total. The molecule has 0 radical (unpaired) electrons. The van der Waals surface area contributed by atoms with Gasteiger partial charge in [0.1, 0.15) is 6.10 Å². The Morgan fingerprint density at radius 1 is 0.561 bits per heavy atom. The third-order valence-corrected chi connectivity index (χ3v) is 7.60. The molecule has 41 heavy (non-hydrogen) atoms. The molecule has 0 aliphatic carbocycles. The van der Waals surface area contributed by atoms with Crippen molar-refractivity contribution in [2.45, 2.75) is 187 Å². The van der Waals surface area contributed by atoms with Crippen molar-refractivity contribution in [3.05, 3.63) is 36.5 Å². The molecule has 1 atom stereocenters. The number of carbonyl (C=O) groups excluding carboxylic acids is 1. The Morgan fingerprint density at radius 3 is 1.61 bits per heavy atom. The number of hydrogen-bond donors (Lipinski definition) is 1. The molecule has 0 aromatic rings. The largest absolute Gasteiger partial charge is 0.481 e. The maximum absolute atomic E-state index is 12.5. The van der Waals surface area contributed by atoms with E-state index in [0.717, 1.165) is 64.2 Å². The summed E-state index contributed by atoms with van der Waals surface area (Å²) < 4.78 is 5.86. The van der Waals surface area contributed by atoms with Gasteiger partial charge >= 0.3 is 11.9 Å². The number of hydrogen-bond acceptors (Lipinski definition) is 3. The molecule has 1 N–H and O–H groups in total. The van der Waals surface area contributed by atoms with E-state index in [1.54, 1.807) is 0 Å². The molecule has 1 unspecified atom stereocenters. The molecule has 0 bridgehead atoms. The number of rotatable bonds is 31. The van der Waals surface area contributed by atoms with Crippen LogP contribution in [-0.2, 0) is 14.3 Å². The molecule has 0 aromatic carbocycles. The molecule has 0 aliphatic heterocycles. The predicted octanol–water partition coefficient (Wildman–Crippen LogP) is 11.8. The zero-order valence-corrected chi connectivity index (χ0v) is 27.1. The first kappa shape index (κ1) is 39.2. The maximum Gasteiger partial charge on any atom is 0.306 e. The van der Waals surface area contributed by atoms with E-state index < -0.39 is 5.97 Å². The Labute approximate surface area is 254 Å². The van der Waals surface area contributed by atoms with Gasteiger partial charge < -0.3 is 9.84 Å². The smallest absolute Gasteiger partial charge is 0.306 e. The van der Waals surface area contributed by atoms with Crippen LogP contribution in [0.2, 0.25) is 0 Å². The van der Waals surface area contributed by atoms with E-state index in [1.807, 2.05) is 0 Å². The standard InChI is InChI=1S/C37H66O4/c1-3-5-7-9-11-13-15-17-19-21-26-30-34-37(40)41-35(32-28-24-22-25-29-33-36(38)39)31-27-23-20-18-16-14-12-10-8-6-4-2/h12,14,18,20,27,31,35H,3-11,13,15-17,19,21-26,28-30,32-34H2,1-2H3,(H,38,39)/b14-12-,20-18-,31-27-. The molecule has 238 valence electrons. The Kier molecular flexibility index (Phi) is 31.2. The second-order valence-corrected chi connectivity index (χ2v) is 11.7. The van der Waals surface area contributed by atoms with Crippen molar-refractivity contribution in [3.63, 3.8) is 0 Å². The summed E-state index contributed by atoms with van der Waals surface area (Å²) in [6.07, 6.45) is 41.6. The summed E-state index contributed by atoms with van der Waals surface area (Å²) in [5.74, 6) is -0.788. The minimum Gasteiger partial charge on any atom is -0.481 e. The normalized spacial score (nSPS) is 12.6. The third kappa shape index (κ3) is 32.5. The van der Waals surface area contributed by atoms with Crippen molar-refractivity contribution in [1.82, 2.24) is 0 Å². The molecule has 0 heterocycles. The van der Waals surface area contributed by atoms with Gasteiger partial charge in [0.2, 0.25) is 0 Å². The van der Waals surface area contributed by atoms with Crippen molar-refractivity contribution < 1.29 is 19.4 Å². The van der Waals surface area contributed by atoms with Crippen LogP contribution in [0.25, 0.3) is 0 Å². The minimum atomic E-state index is -0.715. The van der Waals surface area contributed by atoms with E-state index in [1.165, 1.54) is 89.9 Å². The van der Waals surface area contributed by atoms with Gasteiger partial charge in [-0.3, -0.25) is 9.59 Å². The summed E-state index contributed by atoms with van der Waals surface area (Å²) in [7, 11) is 0. The zero-order valence-electron chi connectivity index (χ0n) is 27.1. The molecule has 0 aliphatic rings.